The molecule has 1 aromatic heterocycles. The predicted octanol–water partition coefficient (Wildman–Crippen LogP) is 2.36. The molecule has 116 valence electrons. The van der Waals surface area contributed by atoms with Crippen LogP contribution < -0.4 is 10.6 Å². The molecule has 0 spiro atoms. The van der Waals surface area contributed by atoms with Gasteiger partial charge in [-0.2, -0.15) is 0 Å². The molecule has 8 heteroatoms. The molecule has 1 aliphatic heterocycles. The van der Waals surface area contributed by atoms with Gasteiger partial charge in [0.05, 0.1) is 16.7 Å². The van der Waals surface area contributed by atoms with Crippen LogP contribution in [0.5, 0.6) is 0 Å². The van der Waals surface area contributed by atoms with Crippen LogP contribution in [0.1, 0.15) is 29.4 Å². The van der Waals surface area contributed by atoms with Gasteiger partial charge in [-0.25, -0.2) is 9.07 Å². The molecule has 22 heavy (non-hydrogen) atoms. The van der Waals surface area contributed by atoms with Gasteiger partial charge in [0.1, 0.15) is 5.82 Å². The second-order valence-electron chi connectivity index (χ2n) is 5.15. The van der Waals surface area contributed by atoms with Crippen LogP contribution in [0.2, 0.25) is 0 Å². The standard InChI is InChI=1S/C14H15BrFN5O/c15-11-7-9(1-2-12(11)16)18-14(22)13-8-21(20-19-13)10-3-5-17-6-4-10/h1-2,7-8,10,17H,3-6H2,(H,18,22). The Morgan fingerprint density at radius 2 is 2.18 bits per heavy atom. The quantitative estimate of drug-likeness (QED) is 0.873. The van der Waals surface area contributed by atoms with Crippen molar-refractivity contribution in [2.45, 2.75) is 18.9 Å². The number of piperidine rings is 1. The molecule has 1 saturated heterocycles. The van der Waals surface area contributed by atoms with Crippen LogP contribution in [-0.2, 0) is 0 Å². The highest BCUT2D eigenvalue weighted by atomic mass is 79.9. The van der Waals surface area contributed by atoms with Crippen molar-refractivity contribution in [2.75, 3.05) is 18.4 Å². The number of hydrogen-bond donors (Lipinski definition) is 2. The number of anilines is 1. The zero-order valence-corrected chi connectivity index (χ0v) is 13.3. The van der Waals surface area contributed by atoms with Gasteiger partial charge in [0.25, 0.3) is 5.91 Å². The maximum Gasteiger partial charge on any atom is 0.277 e. The van der Waals surface area contributed by atoms with Crippen LogP contribution in [-0.4, -0.2) is 34.0 Å². The maximum atomic E-state index is 13.2. The van der Waals surface area contributed by atoms with E-state index in [9.17, 15) is 9.18 Å². The van der Waals surface area contributed by atoms with Gasteiger partial charge >= 0.3 is 0 Å². The number of nitrogens with one attached hydrogen (secondary N) is 2. The largest absolute Gasteiger partial charge is 0.321 e. The Balaban J connectivity index is 1.69. The molecule has 2 N–H and O–H groups in total. The van der Waals surface area contributed by atoms with E-state index in [1.165, 1.54) is 18.2 Å². The number of aromatic nitrogens is 3. The van der Waals surface area contributed by atoms with E-state index < -0.39 is 0 Å². The van der Waals surface area contributed by atoms with Crippen LogP contribution in [0.3, 0.4) is 0 Å². The van der Waals surface area contributed by atoms with Gasteiger partial charge in [-0.3, -0.25) is 4.79 Å². The predicted molar refractivity (Wildman–Crippen MR) is 83.2 cm³/mol. The van der Waals surface area contributed by atoms with Gasteiger partial charge < -0.3 is 10.6 Å². The Labute approximate surface area is 135 Å². The van der Waals surface area contributed by atoms with Gasteiger partial charge in [-0.05, 0) is 60.1 Å². The molecule has 0 radical (unpaired) electrons. The molecule has 2 aromatic rings. The first-order chi connectivity index (χ1) is 10.6. The smallest absolute Gasteiger partial charge is 0.277 e. The first-order valence-electron chi connectivity index (χ1n) is 7.02. The highest BCUT2D eigenvalue weighted by Gasteiger charge is 2.18. The third-order valence-corrected chi connectivity index (χ3v) is 4.21. The summed E-state index contributed by atoms with van der Waals surface area (Å²) in [6.07, 6.45) is 3.59. The summed E-state index contributed by atoms with van der Waals surface area (Å²) in [6.45, 7) is 1.88. The zero-order chi connectivity index (χ0) is 15.5. The minimum atomic E-state index is -0.380. The fourth-order valence-electron chi connectivity index (χ4n) is 2.40. The highest BCUT2D eigenvalue weighted by Crippen LogP contribution is 2.21. The van der Waals surface area contributed by atoms with Gasteiger partial charge in [0, 0.05) is 5.69 Å². The van der Waals surface area contributed by atoms with Crippen molar-refractivity contribution < 1.29 is 9.18 Å². The molecule has 6 nitrogen and oxygen atoms in total. The maximum absolute atomic E-state index is 13.2. The number of nitrogens with zero attached hydrogens (tertiary/aromatic N) is 3. The topological polar surface area (TPSA) is 71.8 Å². The Morgan fingerprint density at radius 3 is 2.91 bits per heavy atom. The minimum absolute atomic E-state index is 0.249. The average molecular weight is 368 g/mol. The zero-order valence-electron chi connectivity index (χ0n) is 11.7. The lowest BCUT2D eigenvalue weighted by molar-refractivity contribution is 0.102. The van der Waals surface area contributed by atoms with Crippen molar-refractivity contribution in [1.29, 1.82) is 0 Å². The fraction of sp³-hybridized carbons (Fsp3) is 0.357. The van der Waals surface area contributed by atoms with Crippen molar-refractivity contribution >= 4 is 27.5 Å². The molecular weight excluding hydrogens is 353 g/mol. The third-order valence-electron chi connectivity index (χ3n) is 3.60. The number of hydrogen-bond acceptors (Lipinski definition) is 4. The SMILES string of the molecule is O=C(Nc1ccc(F)c(Br)c1)c1cn(C2CCNCC2)nn1. The number of carbonyl (C=O) groups is 1. The molecule has 0 aliphatic carbocycles. The van der Waals surface area contributed by atoms with Crippen LogP contribution >= 0.6 is 15.9 Å². The first-order valence-corrected chi connectivity index (χ1v) is 7.82. The summed E-state index contributed by atoms with van der Waals surface area (Å²) in [5, 5.41) is 13.9. The number of rotatable bonds is 3. The summed E-state index contributed by atoms with van der Waals surface area (Å²) in [4.78, 5) is 12.2. The molecule has 0 bridgehead atoms. The molecule has 3 rings (SSSR count). The molecule has 1 fully saturated rings. The highest BCUT2D eigenvalue weighted by molar-refractivity contribution is 9.10. The van der Waals surface area contributed by atoms with E-state index in [2.05, 4.69) is 36.9 Å². The Hall–Kier alpha value is -1.80. The van der Waals surface area contributed by atoms with Crippen molar-refractivity contribution in [2.24, 2.45) is 0 Å². The molecule has 0 unspecified atom stereocenters. The average Bonchev–Trinajstić information content (AvgIpc) is 3.02. The number of amides is 1. The Morgan fingerprint density at radius 1 is 1.41 bits per heavy atom. The second kappa shape index (κ2) is 6.53. The van der Waals surface area contributed by atoms with E-state index in [1.54, 1.807) is 10.9 Å². The lowest BCUT2D eigenvalue weighted by atomic mass is 10.1. The molecular formula is C14H15BrFN5O. The van der Waals surface area contributed by atoms with Crippen LogP contribution in [0.4, 0.5) is 10.1 Å². The number of carbonyl (C=O) groups excluding carboxylic acids is 1. The van der Waals surface area contributed by atoms with E-state index in [1.807, 2.05) is 0 Å². The van der Waals surface area contributed by atoms with E-state index in [0.717, 1.165) is 25.9 Å². The molecule has 2 heterocycles. The second-order valence-corrected chi connectivity index (χ2v) is 6.00. The monoisotopic (exact) mass is 367 g/mol. The lowest BCUT2D eigenvalue weighted by Crippen LogP contribution is -2.29. The lowest BCUT2D eigenvalue weighted by Gasteiger charge is -2.22. The Bertz CT molecular complexity index is 684. The number of halogens is 2. The van der Waals surface area contributed by atoms with Crippen LogP contribution in [0, 0.1) is 5.82 Å². The van der Waals surface area contributed by atoms with Crippen molar-refractivity contribution in [3.63, 3.8) is 0 Å². The van der Waals surface area contributed by atoms with E-state index in [-0.39, 0.29) is 23.5 Å². The molecule has 0 saturated carbocycles. The summed E-state index contributed by atoms with van der Waals surface area (Å²) < 4.78 is 15.2. The molecule has 1 amide bonds. The normalized spacial score (nSPS) is 15.7. The summed E-state index contributed by atoms with van der Waals surface area (Å²) in [5.41, 5.74) is 0.744. The molecule has 0 atom stereocenters. The van der Waals surface area contributed by atoms with Crippen LogP contribution in [0.25, 0.3) is 0 Å². The van der Waals surface area contributed by atoms with Gasteiger partial charge in [0.15, 0.2) is 5.69 Å². The van der Waals surface area contributed by atoms with E-state index >= 15 is 0 Å². The molecule has 1 aromatic carbocycles. The summed E-state index contributed by atoms with van der Waals surface area (Å²) in [7, 11) is 0. The minimum Gasteiger partial charge on any atom is -0.321 e. The summed E-state index contributed by atoms with van der Waals surface area (Å²) >= 11 is 3.08. The van der Waals surface area contributed by atoms with Gasteiger partial charge in [0.2, 0.25) is 0 Å². The number of benzene rings is 1. The Kier molecular flexibility index (Phi) is 4.49. The molecule has 1 aliphatic rings. The third kappa shape index (κ3) is 3.33. The first kappa shape index (κ1) is 15.1. The summed E-state index contributed by atoms with van der Waals surface area (Å²) in [6, 6.07) is 4.56. The van der Waals surface area contributed by atoms with Crippen LogP contribution in [0.15, 0.2) is 28.9 Å². The van der Waals surface area contributed by atoms with Crippen molar-refractivity contribution in [3.8, 4) is 0 Å². The van der Waals surface area contributed by atoms with Gasteiger partial charge in [-0.1, -0.05) is 5.21 Å². The van der Waals surface area contributed by atoms with Crippen molar-refractivity contribution in [3.05, 3.63) is 40.4 Å². The van der Waals surface area contributed by atoms with Crippen molar-refractivity contribution in [1.82, 2.24) is 20.3 Å². The van der Waals surface area contributed by atoms with E-state index in [0.29, 0.717) is 10.2 Å². The fourth-order valence-corrected chi connectivity index (χ4v) is 2.78. The van der Waals surface area contributed by atoms with E-state index in [4.69, 9.17) is 0 Å². The van der Waals surface area contributed by atoms with Gasteiger partial charge in [-0.15, -0.1) is 5.10 Å². The summed E-state index contributed by atoms with van der Waals surface area (Å²) in [5.74, 6) is -0.742.